The summed E-state index contributed by atoms with van der Waals surface area (Å²) < 4.78 is 7.00. The zero-order chi connectivity index (χ0) is 16.6. The van der Waals surface area contributed by atoms with Gasteiger partial charge < -0.3 is 4.74 Å². The van der Waals surface area contributed by atoms with Crippen LogP contribution >= 0.6 is 31.9 Å². The molecule has 0 amide bonds. The van der Waals surface area contributed by atoms with Gasteiger partial charge in [0.05, 0.1) is 21.1 Å². The minimum absolute atomic E-state index is 0.0173. The van der Waals surface area contributed by atoms with Gasteiger partial charge in [-0.1, -0.05) is 38.1 Å². The molecule has 0 aliphatic heterocycles. The smallest absolute Gasteiger partial charge is 0.170 e. The second kappa shape index (κ2) is 6.35. The summed E-state index contributed by atoms with van der Waals surface area (Å²) in [6.45, 7) is 4.30. The first-order valence-electron chi connectivity index (χ1n) is 7.36. The molecule has 5 heteroatoms. The summed E-state index contributed by atoms with van der Waals surface area (Å²) in [6, 6.07) is 12.1. The summed E-state index contributed by atoms with van der Waals surface area (Å²) in [5.74, 6) is 0.278. The minimum atomic E-state index is -0.608. The first kappa shape index (κ1) is 16.6. The third-order valence-electron chi connectivity index (χ3n) is 4.43. The largest absolute Gasteiger partial charge is 0.354 e. The lowest BCUT2D eigenvalue weighted by Gasteiger charge is -2.12. The van der Waals surface area contributed by atoms with Gasteiger partial charge in [0.15, 0.2) is 6.10 Å². The van der Waals surface area contributed by atoms with Gasteiger partial charge in [0.25, 0.3) is 0 Å². The number of benzene rings is 1. The average molecular weight is 436 g/mol. The molecule has 118 valence electrons. The molecule has 1 aliphatic rings. The van der Waals surface area contributed by atoms with Crippen molar-refractivity contribution in [2.45, 2.75) is 26.1 Å². The molecule has 1 aliphatic carbocycles. The molecule has 0 N–H and O–H groups in total. The van der Waals surface area contributed by atoms with E-state index in [-0.39, 0.29) is 17.4 Å². The fourth-order valence-electron chi connectivity index (χ4n) is 2.89. The number of nitriles is 1. The lowest BCUT2D eigenvalue weighted by atomic mass is 10.1. The summed E-state index contributed by atoms with van der Waals surface area (Å²) in [4.78, 5) is 4.42. The Kier molecular flexibility index (Phi) is 4.59. The maximum Gasteiger partial charge on any atom is 0.170 e. The summed E-state index contributed by atoms with van der Waals surface area (Å²) in [5, 5.41) is 10.5. The van der Waals surface area contributed by atoms with E-state index in [1.807, 2.05) is 30.3 Å². The molecule has 1 aromatic carbocycles. The summed E-state index contributed by atoms with van der Waals surface area (Å²) >= 11 is 6.79. The highest BCUT2D eigenvalue weighted by Gasteiger charge is 2.58. The Morgan fingerprint density at radius 3 is 2.83 bits per heavy atom. The van der Waals surface area contributed by atoms with Crippen LogP contribution in [0.4, 0.5) is 0 Å². The number of halogens is 2. The number of hydrogen-bond acceptors (Lipinski definition) is 3. The summed E-state index contributed by atoms with van der Waals surface area (Å²) in [7, 11) is 0. The van der Waals surface area contributed by atoms with Crippen LogP contribution in [0.15, 0.2) is 46.0 Å². The standard InChI is InChI=1S/C18H16Br2N2O/c1-18(2)13(8-16(19)20)17(18)23-15(9-21)12-7-11-5-3-4-6-14(11)22-10-12/h3-8,10,13,15,17H,1-2H3/t13-,15-,17-/m0/s1. The molecule has 0 unspecified atom stereocenters. The molecule has 2 aromatic rings. The molecule has 1 aromatic heterocycles. The SMILES string of the molecule is CC1(C)[C@@H](C=C(Br)Br)[C@@H]1O[C@@H](C#N)c1cnc2ccccc2c1. The summed E-state index contributed by atoms with van der Waals surface area (Å²) in [6.07, 6.45) is 3.22. The van der Waals surface area contributed by atoms with Crippen LogP contribution in [0.3, 0.4) is 0 Å². The Bertz CT molecular complexity index is 806. The number of fused-ring (bicyclic) bond motifs is 1. The Morgan fingerprint density at radius 2 is 2.13 bits per heavy atom. The topological polar surface area (TPSA) is 45.9 Å². The Balaban J connectivity index is 1.83. The highest BCUT2D eigenvalue weighted by atomic mass is 79.9. The van der Waals surface area contributed by atoms with Crippen molar-refractivity contribution in [3.8, 4) is 6.07 Å². The minimum Gasteiger partial charge on any atom is -0.354 e. The number of para-hydroxylation sites is 1. The van der Waals surface area contributed by atoms with Crippen LogP contribution in [0.5, 0.6) is 0 Å². The zero-order valence-corrected chi connectivity index (χ0v) is 16.0. The fraction of sp³-hybridized carbons (Fsp3) is 0.333. The number of ether oxygens (including phenoxy) is 1. The summed E-state index contributed by atoms with van der Waals surface area (Å²) in [5.41, 5.74) is 1.74. The molecular formula is C18H16Br2N2O. The normalized spacial score (nSPS) is 23.1. The van der Waals surface area contributed by atoms with Gasteiger partial charge in [-0.3, -0.25) is 4.98 Å². The first-order valence-corrected chi connectivity index (χ1v) is 8.94. The van der Waals surface area contributed by atoms with Crippen LogP contribution in [-0.4, -0.2) is 11.1 Å². The van der Waals surface area contributed by atoms with Gasteiger partial charge in [-0.05, 0) is 44.0 Å². The van der Waals surface area contributed by atoms with Crippen molar-refractivity contribution in [1.82, 2.24) is 4.98 Å². The van der Waals surface area contributed by atoms with Gasteiger partial charge in [0.2, 0.25) is 0 Å². The van der Waals surface area contributed by atoms with E-state index >= 15 is 0 Å². The van der Waals surface area contributed by atoms with E-state index in [1.54, 1.807) is 6.20 Å². The number of hydrogen-bond donors (Lipinski definition) is 0. The highest BCUT2D eigenvalue weighted by Crippen LogP contribution is 2.57. The Labute approximate surface area is 152 Å². The van der Waals surface area contributed by atoms with E-state index in [1.165, 1.54) is 0 Å². The third-order valence-corrected chi connectivity index (χ3v) is 4.96. The zero-order valence-electron chi connectivity index (χ0n) is 12.8. The molecule has 0 bridgehead atoms. The monoisotopic (exact) mass is 434 g/mol. The second-order valence-corrected chi connectivity index (χ2v) is 9.10. The lowest BCUT2D eigenvalue weighted by Crippen LogP contribution is -2.08. The van der Waals surface area contributed by atoms with Gasteiger partial charge in [-0.25, -0.2) is 0 Å². The van der Waals surface area contributed by atoms with E-state index in [9.17, 15) is 5.26 Å². The molecule has 0 saturated heterocycles. The van der Waals surface area contributed by atoms with Crippen molar-refractivity contribution in [3.63, 3.8) is 0 Å². The predicted octanol–water partition coefficient (Wildman–Crippen LogP) is 5.47. The maximum atomic E-state index is 9.53. The number of nitrogens with zero attached hydrogens (tertiary/aromatic N) is 2. The number of pyridine rings is 1. The fourth-order valence-corrected chi connectivity index (χ4v) is 3.46. The first-order chi connectivity index (χ1) is 10.9. The molecular weight excluding hydrogens is 420 g/mol. The molecule has 1 heterocycles. The van der Waals surface area contributed by atoms with E-state index in [0.29, 0.717) is 0 Å². The van der Waals surface area contributed by atoms with Crippen LogP contribution in [0.1, 0.15) is 25.5 Å². The van der Waals surface area contributed by atoms with E-state index in [2.05, 4.69) is 62.8 Å². The van der Waals surface area contributed by atoms with Crippen molar-refractivity contribution < 1.29 is 4.74 Å². The average Bonchev–Trinajstić information content (AvgIpc) is 3.03. The van der Waals surface area contributed by atoms with E-state index < -0.39 is 6.10 Å². The Morgan fingerprint density at radius 1 is 1.39 bits per heavy atom. The Hall–Kier alpha value is -1.22. The van der Waals surface area contributed by atoms with Gasteiger partial charge in [0.1, 0.15) is 0 Å². The van der Waals surface area contributed by atoms with Crippen molar-refractivity contribution in [2.75, 3.05) is 0 Å². The second-order valence-electron chi connectivity index (χ2n) is 6.33. The van der Waals surface area contributed by atoms with E-state index in [4.69, 9.17) is 4.74 Å². The van der Waals surface area contributed by atoms with Crippen molar-refractivity contribution >= 4 is 42.8 Å². The van der Waals surface area contributed by atoms with Gasteiger partial charge in [-0.15, -0.1) is 0 Å². The highest BCUT2D eigenvalue weighted by molar-refractivity contribution is 9.28. The molecule has 23 heavy (non-hydrogen) atoms. The van der Waals surface area contributed by atoms with Crippen LogP contribution < -0.4 is 0 Å². The molecule has 1 fully saturated rings. The quantitative estimate of drug-likeness (QED) is 0.639. The lowest BCUT2D eigenvalue weighted by molar-refractivity contribution is 0.0529. The molecule has 3 nitrogen and oxygen atoms in total. The van der Waals surface area contributed by atoms with Gasteiger partial charge >= 0.3 is 0 Å². The van der Waals surface area contributed by atoms with Gasteiger partial charge in [0, 0.05) is 28.5 Å². The van der Waals surface area contributed by atoms with Crippen LogP contribution in [0.25, 0.3) is 10.9 Å². The maximum absolute atomic E-state index is 9.53. The molecule has 3 atom stereocenters. The van der Waals surface area contributed by atoms with Crippen LogP contribution in [0.2, 0.25) is 0 Å². The van der Waals surface area contributed by atoms with Crippen LogP contribution in [0, 0.1) is 22.7 Å². The third kappa shape index (κ3) is 3.35. The van der Waals surface area contributed by atoms with Crippen molar-refractivity contribution in [2.24, 2.45) is 11.3 Å². The van der Waals surface area contributed by atoms with Crippen LogP contribution in [-0.2, 0) is 4.74 Å². The predicted molar refractivity (Wildman–Crippen MR) is 98.2 cm³/mol. The van der Waals surface area contributed by atoms with Crippen molar-refractivity contribution in [1.29, 1.82) is 5.26 Å². The molecule has 0 spiro atoms. The molecule has 1 saturated carbocycles. The van der Waals surface area contributed by atoms with Gasteiger partial charge in [-0.2, -0.15) is 5.26 Å². The molecule has 3 rings (SSSR count). The number of aromatic nitrogens is 1. The van der Waals surface area contributed by atoms with Crippen molar-refractivity contribution in [3.05, 3.63) is 51.6 Å². The molecule has 0 radical (unpaired) electrons. The number of rotatable bonds is 4. The van der Waals surface area contributed by atoms with E-state index in [0.717, 1.165) is 19.9 Å².